The van der Waals surface area contributed by atoms with E-state index in [9.17, 15) is 4.79 Å². The van der Waals surface area contributed by atoms with Crippen molar-refractivity contribution in [2.75, 3.05) is 26.3 Å². The van der Waals surface area contributed by atoms with Gasteiger partial charge in [-0.15, -0.1) is 0 Å². The Kier molecular flexibility index (Phi) is 6.82. The van der Waals surface area contributed by atoms with E-state index in [4.69, 9.17) is 4.74 Å². The van der Waals surface area contributed by atoms with E-state index in [0.717, 1.165) is 26.3 Å². The highest BCUT2D eigenvalue weighted by molar-refractivity contribution is 5.75. The second kappa shape index (κ2) is 7.34. The molecule has 11 heavy (non-hydrogen) atoms. The minimum atomic E-state index is -0.0463. The molecule has 4 nitrogen and oxygen atoms in total. The van der Waals surface area contributed by atoms with Crippen LogP contribution in [-0.4, -0.2) is 32.3 Å². The van der Waals surface area contributed by atoms with E-state index >= 15 is 0 Å². The molecule has 1 aliphatic rings. The summed E-state index contributed by atoms with van der Waals surface area (Å²) in [5.74, 6) is 0. The molecule has 4 heteroatoms. The molecular formula is C7H16N2O2. The summed E-state index contributed by atoms with van der Waals surface area (Å²) in [6.45, 7) is 7.22. The zero-order valence-electron chi connectivity index (χ0n) is 7.14. The average molecular weight is 160 g/mol. The van der Waals surface area contributed by atoms with Crippen molar-refractivity contribution in [3.05, 3.63) is 0 Å². The molecule has 0 aromatic heterocycles. The van der Waals surface area contributed by atoms with Gasteiger partial charge >= 0.3 is 6.03 Å². The van der Waals surface area contributed by atoms with Gasteiger partial charge < -0.3 is 15.4 Å². The van der Waals surface area contributed by atoms with Gasteiger partial charge in [0.15, 0.2) is 0 Å². The summed E-state index contributed by atoms with van der Waals surface area (Å²) in [6, 6.07) is -0.0463. The molecule has 1 saturated heterocycles. The summed E-state index contributed by atoms with van der Waals surface area (Å²) < 4.78 is 4.83. The van der Waals surface area contributed by atoms with Gasteiger partial charge in [0.25, 0.3) is 0 Å². The standard InChI is InChI=1S/C4H10O.C3H6N2O/c1-3-5-4-2;6-3-4-1-2-5-3/h3-4H2,1-2H3;1-2H2,(H2,4,5,6). The van der Waals surface area contributed by atoms with Gasteiger partial charge in [0.2, 0.25) is 0 Å². The molecule has 0 saturated carbocycles. The molecule has 0 aromatic rings. The molecule has 0 aromatic carbocycles. The number of carbonyl (C=O) groups excluding carboxylic acids is 1. The van der Waals surface area contributed by atoms with Crippen LogP contribution in [0, 0.1) is 0 Å². The SMILES string of the molecule is CCOCC.O=C1NCCN1. The van der Waals surface area contributed by atoms with Crippen LogP contribution in [0.4, 0.5) is 4.79 Å². The molecule has 2 N–H and O–H groups in total. The first-order chi connectivity index (χ1) is 5.31. The molecule has 1 rings (SSSR count). The number of urea groups is 1. The molecule has 0 unspecified atom stereocenters. The summed E-state index contributed by atoms with van der Waals surface area (Å²) in [7, 11) is 0. The molecule has 0 bridgehead atoms. The minimum Gasteiger partial charge on any atom is -0.382 e. The first-order valence-corrected chi connectivity index (χ1v) is 3.90. The molecule has 1 heterocycles. The van der Waals surface area contributed by atoms with Crippen molar-refractivity contribution in [1.82, 2.24) is 10.6 Å². The lowest BCUT2D eigenvalue weighted by atomic mass is 10.7. The number of hydrogen-bond donors (Lipinski definition) is 2. The number of carbonyl (C=O) groups is 1. The smallest absolute Gasteiger partial charge is 0.314 e. The second-order valence-electron chi connectivity index (χ2n) is 1.96. The van der Waals surface area contributed by atoms with Crippen LogP contribution in [-0.2, 0) is 4.74 Å². The first-order valence-electron chi connectivity index (χ1n) is 3.90. The van der Waals surface area contributed by atoms with Gasteiger partial charge in [0, 0.05) is 26.3 Å². The highest BCUT2D eigenvalue weighted by Gasteiger charge is 2.02. The molecule has 1 aliphatic heterocycles. The highest BCUT2D eigenvalue weighted by atomic mass is 16.5. The van der Waals surface area contributed by atoms with Gasteiger partial charge in [-0.3, -0.25) is 0 Å². The molecule has 0 spiro atoms. The Bertz CT molecular complexity index is 96.6. The molecule has 66 valence electrons. The van der Waals surface area contributed by atoms with Crippen molar-refractivity contribution in [1.29, 1.82) is 0 Å². The fraction of sp³-hybridized carbons (Fsp3) is 0.857. The molecule has 0 aliphatic carbocycles. The third-order valence-electron chi connectivity index (χ3n) is 1.10. The molecule has 1 fully saturated rings. The van der Waals surface area contributed by atoms with Crippen molar-refractivity contribution in [2.24, 2.45) is 0 Å². The molecule has 0 radical (unpaired) electrons. The summed E-state index contributed by atoms with van der Waals surface area (Å²) in [5, 5.41) is 5.14. The number of nitrogens with one attached hydrogen (secondary N) is 2. The summed E-state index contributed by atoms with van der Waals surface area (Å²) >= 11 is 0. The van der Waals surface area contributed by atoms with Crippen LogP contribution in [0.2, 0.25) is 0 Å². The maximum absolute atomic E-state index is 10.0. The van der Waals surface area contributed by atoms with Crippen molar-refractivity contribution in [3.63, 3.8) is 0 Å². The van der Waals surface area contributed by atoms with E-state index in [-0.39, 0.29) is 6.03 Å². The van der Waals surface area contributed by atoms with Crippen molar-refractivity contribution in [2.45, 2.75) is 13.8 Å². The van der Waals surface area contributed by atoms with Crippen LogP contribution in [0.5, 0.6) is 0 Å². The van der Waals surface area contributed by atoms with Gasteiger partial charge in [-0.25, -0.2) is 4.79 Å². The zero-order valence-corrected chi connectivity index (χ0v) is 7.14. The second-order valence-corrected chi connectivity index (χ2v) is 1.96. The zero-order chi connectivity index (χ0) is 8.53. The molecular weight excluding hydrogens is 144 g/mol. The van der Waals surface area contributed by atoms with Crippen molar-refractivity contribution < 1.29 is 9.53 Å². The fourth-order valence-electron chi connectivity index (χ4n) is 0.619. The summed E-state index contributed by atoms with van der Waals surface area (Å²) in [6.07, 6.45) is 0. The monoisotopic (exact) mass is 160 g/mol. The van der Waals surface area contributed by atoms with Crippen LogP contribution in [0.3, 0.4) is 0 Å². The van der Waals surface area contributed by atoms with E-state index in [1.54, 1.807) is 0 Å². The largest absolute Gasteiger partial charge is 0.382 e. The Morgan fingerprint density at radius 3 is 1.82 bits per heavy atom. The van der Waals surface area contributed by atoms with Gasteiger partial charge in [0.05, 0.1) is 0 Å². The van der Waals surface area contributed by atoms with Gasteiger partial charge in [-0.2, -0.15) is 0 Å². The Hall–Kier alpha value is -0.770. The van der Waals surface area contributed by atoms with Gasteiger partial charge in [-0.1, -0.05) is 0 Å². The number of ether oxygens (including phenoxy) is 1. The lowest BCUT2D eigenvalue weighted by molar-refractivity contribution is 0.162. The average Bonchev–Trinajstić information content (AvgIpc) is 2.43. The van der Waals surface area contributed by atoms with Crippen LogP contribution >= 0.6 is 0 Å². The van der Waals surface area contributed by atoms with Crippen molar-refractivity contribution in [3.8, 4) is 0 Å². The Morgan fingerprint density at radius 1 is 1.27 bits per heavy atom. The first kappa shape index (κ1) is 10.2. The number of hydrogen-bond acceptors (Lipinski definition) is 2. The van der Waals surface area contributed by atoms with Crippen LogP contribution < -0.4 is 10.6 Å². The predicted molar refractivity (Wildman–Crippen MR) is 43.6 cm³/mol. The third-order valence-corrected chi connectivity index (χ3v) is 1.10. The van der Waals surface area contributed by atoms with Gasteiger partial charge in [-0.05, 0) is 13.8 Å². The highest BCUT2D eigenvalue weighted by Crippen LogP contribution is 1.70. The van der Waals surface area contributed by atoms with Gasteiger partial charge in [0.1, 0.15) is 0 Å². The topological polar surface area (TPSA) is 50.4 Å². The quantitative estimate of drug-likeness (QED) is 0.612. The van der Waals surface area contributed by atoms with Crippen molar-refractivity contribution >= 4 is 6.03 Å². The third kappa shape index (κ3) is 7.12. The maximum atomic E-state index is 10.0. The normalized spacial score (nSPS) is 14.5. The Morgan fingerprint density at radius 2 is 1.73 bits per heavy atom. The van der Waals surface area contributed by atoms with E-state index in [1.165, 1.54) is 0 Å². The lowest BCUT2D eigenvalue weighted by Gasteiger charge is -1.86. The Balaban J connectivity index is 0.000000187. The summed E-state index contributed by atoms with van der Waals surface area (Å²) in [5.41, 5.74) is 0. The maximum Gasteiger partial charge on any atom is 0.314 e. The molecule has 2 amide bonds. The summed E-state index contributed by atoms with van der Waals surface area (Å²) in [4.78, 5) is 10.0. The fourth-order valence-corrected chi connectivity index (χ4v) is 0.619. The van der Waals surface area contributed by atoms with E-state index in [1.807, 2.05) is 13.8 Å². The molecule has 0 atom stereocenters. The Labute approximate surface area is 67.3 Å². The number of rotatable bonds is 2. The van der Waals surface area contributed by atoms with Crippen LogP contribution in [0.25, 0.3) is 0 Å². The van der Waals surface area contributed by atoms with Crippen LogP contribution in [0.1, 0.15) is 13.8 Å². The van der Waals surface area contributed by atoms with E-state index in [0.29, 0.717) is 0 Å². The predicted octanol–water partition coefficient (Wildman–Crippen LogP) is 0.342. The number of amides is 2. The van der Waals surface area contributed by atoms with Crippen LogP contribution in [0.15, 0.2) is 0 Å². The lowest BCUT2D eigenvalue weighted by Crippen LogP contribution is -2.20. The van der Waals surface area contributed by atoms with E-state index in [2.05, 4.69) is 10.6 Å². The minimum absolute atomic E-state index is 0.0463. The van der Waals surface area contributed by atoms with E-state index < -0.39 is 0 Å².